The van der Waals surface area contributed by atoms with E-state index in [-0.39, 0.29) is 12.7 Å². The van der Waals surface area contributed by atoms with Gasteiger partial charge in [0.2, 0.25) is 6.79 Å². The average molecular weight is 367 g/mol. The zero-order valence-corrected chi connectivity index (χ0v) is 15.6. The van der Waals surface area contributed by atoms with E-state index in [1.807, 2.05) is 30.0 Å². The molecule has 0 saturated carbocycles. The Bertz CT molecular complexity index is 784. The number of amides is 1. The molecule has 2 heterocycles. The summed E-state index contributed by atoms with van der Waals surface area (Å²) in [5.41, 5.74) is 1.38. The summed E-state index contributed by atoms with van der Waals surface area (Å²) in [6.45, 7) is 3.63. The molecular weight excluding hydrogens is 342 g/mol. The smallest absolute Gasteiger partial charge is 0.263 e. The van der Waals surface area contributed by atoms with E-state index in [1.54, 1.807) is 6.07 Å². The Balaban J connectivity index is 1.28. The molecule has 5 nitrogen and oxygen atoms in total. The third-order valence-electron chi connectivity index (χ3n) is 5.30. The second-order valence-electron chi connectivity index (χ2n) is 7.23. The molecule has 5 heteroatoms. The first-order valence-corrected chi connectivity index (χ1v) is 9.58. The quantitative estimate of drug-likeness (QED) is 0.809. The number of carbonyl (C=O) groups is 1. The molecule has 1 amide bonds. The Kier molecular flexibility index (Phi) is 5.19. The molecule has 1 atom stereocenters. The van der Waals surface area contributed by atoms with Gasteiger partial charge >= 0.3 is 0 Å². The van der Waals surface area contributed by atoms with Crippen LogP contribution in [0.2, 0.25) is 0 Å². The van der Waals surface area contributed by atoms with Crippen molar-refractivity contribution in [2.75, 3.05) is 19.9 Å². The highest BCUT2D eigenvalue weighted by atomic mass is 16.7. The van der Waals surface area contributed by atoms with Gasteiger partial charge in [-0.2, -0.15) is 0 Å². The van der Waals surface area contributed by atoms with Crippen LogP contribution >= 0.6 is 0 Å². The molecule has 0 bridgehead atoms. The Morgan fingerprint density at radius 1 is 1.11 bits per heavy atom. The summed E-state index contributed by atoms with van der Waals surface area (Å²) < 4.78 is 16.5. The number of carbonyl (C=O) groups excluding carboxylic acids is 1. The standard InChI is InChI=1S/C22H25NO4/c1-16(27-19-7-8-20-21(14-19)26-15-25-20)22(24)23-11-9-18(10-12-23)13-17-5-3-2-4-6-17/h2-8,14,16,18H,9-13,15H2,1H3. The minimum atomic E-state index is -0.518. The van der Waals surface area contributed by atoms with E-state index in [1.165, 1.54) is 5.56 Å². The second kappa shape index (κ2) is 7.91. The molecule has 0 aliphatic carbocycles. The van der Waals surface area contributed by atoms with Crippen molar-refractivity contribution in [2.45, 2.75) is 32.3 Å². The lowest BCUT2D eigenvalue weighted by atomic mass is 9.90. The van der Waals surface area contributed by atoms with Crippen LogP contribution in [0.4, 0.5) is 0 Å². The van der Waals surface area contributed by atoms with E-state index in [0.717, 1.165) is 32.4 Å². The van der Waals surface area contributed by atoms with Crippen LogP contribution in [0.15, 0.2) is 48.5 Å². The number of nitrogens with zero attached hydrogens (tertiary/aromatic N) is 1. The van der Waals surface area contributed by atoms with Crippen molar-refractivity contribution >= 4 is 5.91 Å². The first-order valence-electron chi connectivity index (χ1n) is 9.58. The lowest BCUT2D eigenvalue weighted by Gasteiger charge is -2.33. The van der Waals surface area contributed by atoms with Crippen LogP contribution in [-0.2, 0) is 11.2 Å². The van der Waals surface area contributed by atoms with Gasteiger partial charge in [0, 0.05) is 19.2 Å². The fraction of sp³-hybridized carbons (Fsp3) is 0.409. The molecule has 1 fully saturated rings. The van der Waals surface area contributed by atoms with Gasteiger partial charge in [0.15, 0.2) is 17.6 Å². The molecule has 1 unspecified atom stereocenters. The van der Waals surface area contributed by atoms with Gasteiger partial charge in [-0.05, 0) is 49.8 Å². The van der Waals surface area contributed by atoms with Gasteiger partial charge in [-0.3, -0.25) is 4.79 Å². The minimum absolute atomic E-state index is 0.0471. The number of likely N-dealkylation sites (tertiary alicyclic amines) is 1. The predicted molar refractivity (Wildman–Crippen MR) is 102 cm³/mol. The lowest BCUT2D eigenvalue weighted by molar-refractivity contribution is -0.139. The van der Waals surface area contributed by atoms with Gasteiger partial charge in [0.25, 0.3) is 5.91 Å². The second-order valence-corrected chi connectivity index (χ2v) is 7.23. The van der Waals surface area contributed by atoms with Crippen molar-refractivity contribution in [3.05, 3.63) is 54.1 Å². The van der Waals surface area contributed by atoms with Gasteiger partial charge < -0.3 is 19.1 Å². The SMILES string of the molecule is CC(Oc1ccc2c(c1)OCO2)C(=O)N1CCC(Cc2ccccc2)CC1. The van der Waals surface area contributed by atoms with Crippen molar-refractivity contribution in [1.82, 2.24) is 4.90 Å². The molecule has 0 aromatic heterocycles. The molecule has 0 spiro atoms. The molecule has 2 aliphatic rings. The first-order chi connectivity index (χ1) is 13.2. The molecule has 4 rings (SSSR count). The Hall–Kier alpha value is -2.69. The third-order valence-corrected chi connectivity index (χ3v) is 5.30. The molecule has 142 valence electrons. The summed E-state index contributed by atoms with van der Waals surface area (Å²) in [6.07, 6.45) is 2.65. The number of ether oxygens (including phenoxy) is 3. The number of rotatable bonds is 5. The molecule has 0 N–H and O–H groups in total. The molecule has 2 aromatic rings. The van der Waals surface area contributed by atoms with Crippen LogP contribution in [0.25, 0.3) is 0 Å². The van der Waals surface area contributed by atoms with E-state index in [2.05, 4.69) is 24.3 Å². The normalized spacial score (nSPS) is 17.6. The Morgan fingerprint density at radius 3 is 2.63 bits per heavy atom. The molecule has 2 aromatic carbocycles. The zero-order chi connectivity index (χ0) is 18.6. The van der Waals surface area contributed by atoms with Gasteiger partial charge in [-0.25, -0.2) is 0 Å². The molecular formula is C22H25NO4. The van der Waals surface area contributed by atoms with Crippen LogP contribution in [0.5, 0.6) is 17.2 Å². The van der Waals surface area contributed by atoms with Crippen LogP contribution in [0, 0.1) is 5.92 Å². The van der Waals surface area contributed by atoms with Crippen molar-refractivity contribution in [2.24, 2.45) is 5.92 Å². The predicted octanol–water partition coefficient (Wildman–Crippen LogP) is 3.66. The van der Waals surface area contributed by atoms with Crippen molar-refractivity contribution in [3.63, 3.8) is 0 Å². The maximum Gasteiger partial charge on any atom is 0.263 e. The fourth-order valence-corrected chi connectivity index (χ4v) is 3.77. The van der Waals surface area contributed by atoms with Crippen molar-refractivity contribution < 1.29 is 19.0 Å². The maximum atomic E-state index is 12.7. The average Bonchev–Trinajstić information content (AvgIpc) is 3.16. The van der Waals surface area contributed by atoms with Crippen LogP contribution in [-0.4, -0.2) is 36.8 Å². The molecule has 2 aliphatic heterocycles. The first kappa shape index (κ1) is 17.7. The van der Waals surface area contributed by atoms with E-state index in [4.69, 9.17) is 14.2 Å². The number of benzene rings is 2. The van der Waals surface area contributed by atoms with Gasteiger partial charge in [0.1, 0.15) is 5.75 Å². The molecule has 27 heavy (non-hydrogen) atoms. The van der Waals surface area contributed by atoms with Crippen molar-refractivity contribution in [1.29, 1.82) is 0 Å². The minimum Gasteiger partial charge on any atom is -0.481 e. The summed E-state index contributed by atoms with van der Waals surface area (Å²) in [5.74, 6) is 2.68. The number of piperidine rings is 1. The van der Waals surface area contributed by atoms with Crippen LogP contribution in [0.1, 0.15) is 25.3 Å². The fourth-order valence-electron chi connectivity index (χ4n) is 3.77. The summed E-state index contributed by atoms with van der Waals surface area (Å²) >= 11 is 0. The van der Waals surface area contributed by atoms with Gasteiger partial charge in [-0.15, -0.1) is 0 Å². The highest BCUT2D eigenvalue weighted by Crippen LogP contribution is 2.35. The highest BCUT2D eigenvalue weighted by Gasteiger charge is 2.27. The van der Waals surface area contributed by atoms with E-state index in [0.29, 0.717) is 23.2 Å². The Morgan fingerprint density at radius 2 is 1.85 bits per heavy atom. The largest absolute Gasteiger partial charge is 0.481 e. The zero-order valence-electron chi connectivity index (χ0n) is 15.6. The molecule has 1 saturated heterocycles. The highest BCUT2D eigenvalue weighted by molar-refractivity contribution is 5.81. The van der Waals surface area contributed by atoms with Gasteiger partial charge in [0.05, 0.1) is 0 Å². The monoisotopic (exact) mass is 367 g/mol. The number of hydrogen-bond donors (Lipinski definition) is 0. The molecule has 0 radical (unpaired) electrons. The Labute approximate surface area is 159 Å². The van der Waals surface area contributed by atoms with Crippen LogP contribution in [0.3, 0.4) is 0 Å². The maximum absolute atomic E-state index is 12.7. The number of hydrogen-bond acceptors (Lipinski definition) is 4. The van der Waals surface area contributed by atoms with Crippen molar-refractivity contribution in [3.8, 4) is 17.2 Å². The lowest BCUT2D eigenvalue weighted by Crippen LogP contribution is -2.45. The third kappa shape index (κ3) is 4.18. The summed E-state index contributed by atoms with van der Waals surface area (Å²) in [6, 6.07) is 16.0. The topological polar surface area (TPSA) is 48.0 Å². The van der Waals surface area contributed by atoms with Gasteiger partial charge in [-0.1, -0.05) is 30.3 Å². The van der Waals surface area contributed by atoms with E-state index in [9.17, 15) is 4.79 Å². The summed E-state index contributed by atoms with van der Waals surface area (Å²) in [4.78, 5) is 14.7. The summed E-state index contributed by atoms with van der Waals surface area (Å²) in [5, 5.41) is 0. The number of fused-ring (bicyclic) bond motifs is 1. The van der Waals surface area contributed by atoms with Crippen LogP contribution < -0.4 is 14.2 Å². The van der Waals surface area contributed by atoms with E-state index >= 15 is 0 Å². The summed E-state index contributed by atoms with van der Waals surface area (Å²) in [7, 11) is 0. The van der Waals surface area contributed by atoms with E-state index < -0.39 is 6.10 Å².